The lowest BCUT2D eigenvalue weighted by molar-refractivity contribution is 0.122. The van der Waals surface area contributed by atoms with E-state index in [2.05, 4.69) is 25.9 Å². The molecule has 0 N–H and O–H groups in total. The van der Waals surface area contributed by atoms with E-state index in [9.17, 15) is 0 Å². The lowest BCUT2D eigenvalue weighted by Gasteiger charge is -2.25. The maximum atomic E-state index is 5.50. The van der Waals surface area contributed by atoms with Crippen molar-refractivity contribution in [3.05, 3.63) is 0 Å². The van der Waals surface area contributed by atoms with Gasteiger partial charge >= 0.3 is 8.80 Å². The van der Waals surface area contributed by atoms with Gasteiger partial charge < -0.3 is 18.2 Å². The first kappa shape index (κ1) is 21.1. The molecule has 0 aliphatic carbocycles. The van der Waals surface area contributed by atoms with Crippen LogP contribution in [0.1, 0.15) is 51.9 Å². The Bertz CT molecular complexity index is 227. The molecule has 0 fully saturated rings. The summed E-state index contributed by atoms with van der Waals surface area (Å²) in [5.74, 6) is 0.816. The van der Waals surface area contributed by atoms with Crippen molar-refractivity contribution in [2.45, 2.75) is 57.9 Å². The molecular formula is C16H37NO3Si. The van der Waals surface area contributed by atoms with Crippen LogP contribution in [0.2, 0.25) is 6.04 Å². The molecule has 0 aliphatic rings. The first-order valence-electron chi connectivity index (χ1n) is 8.33. The number of hydrogen-bond acceptors (Lipinski definition) is 4. The fourth-order valence-electron chi connectivity index (χ4n) is 2.72. The van der Waals surface area contributed by atoms with Crippen LogP contribution in [0.25, 0.3) is 0 Å². The molecule has 0 saturated heterocycles. The molecule has 0 aromatic rings. The minimum atomic E-state index is -2.38. The van der Waals surface area contributed by atoms with Crippen molar-refractivity contribution in [1.82, 2.24) is 4.90 Å². The van der Waals surface area contributed by atoms with Gasteiger partial charge in [-0.1, -0.05) is 39.0 Å². The second-order valence-electron chi connectivity index (χ2n) is 6.14. The van der Waals surface area contributed by atoms with Crippen LogP contribution in [0.3, 0.4) is 0 Å². The van der Waals surface area contributed by atoms with Crippen molar-refractivity contribution in [1.29, 1.82) is 0 Å². The SMILES string of the molecule is CCCCCC(CCC[Si](OC)(OC)OC)CCN(C)C. The minimum absolute atomic E-state index is 0.816. The lowest BCUT2D eigenvalue weighted by atomic mass is 9.93. The number of unbranched alkanes of at least 4 members (excludes halogenated alkanes) is 2. The van der Waals surface area contributed by atoms with Crippen LogP contribution in [0.4, 0.5) is 0 Å². The van der Waals surface area contributed by atoms with Crippen molar-refractivity contribution in [3.63, 3.8) is 0 Å². The second-order valence-corrected chi connectivity index (χ2v) is 9.23. The molecule has 0 heterocycles. The first-order chi connectivity index (χ1) is 10.0. The van der Waals surface area contributed by atoms with E-state index in [1.54, 1.807) is 21.3 Å². The van der Waals surface area contributed by atoms with Gasteiger partial charge in [0.15, 0.2) is 0 Å². The van der Waals surface area contributed by atoms with Crippen molar-refractivity contribution >= 4 is 8.80 Å². The molecule has 0 amide bonds. The molecule has 0 radical (unpaired) electrons. The van der Waals surface area contributed by atoms with Crippen LogP contribution < -0.4 is 0 Å². The summed E-state index contributed by atoms with van der Waals surface area (Å²) in [6.07, 6.45) is 9.03. The Labute approximate surface area is 133 Å². The molecule has 128 valence electrons. The molecular weight excluding hydrogens is 282 g/mol. The molecule has 1 unspecified atom stereocenters. The smallest absolute Gasteiger partial charge is 0.377 e. The highest BCUT2D eigenvalue weighted by Crippen LogP contribution is 2.24. The number of rotatable bonds is 14. The van der Waals surface area contributed by atoms with Gasteiger partial charge in [-0.25, -0.2) is 0 Å². The zero-order chi connectivity index (χ0) is 16.1. The first-order valence-corrected chi connectivity index (χ1v) is 10.3. The van der Waals surface area contributed by atoms with Gasteiger partial charge in [0.25, 0.3) is 0 Å². The lowest BCUT2D eigenvalue weighted by Crippen LogP contribution is -2.42. The third-order valence-electron chi connectivity index (χ3n) is 4.23. The molecule has 0 aromatic heterocycles. The van der Waals surface area contributed by atoms with Crippen LogP contribution in [-0.2, 0) is 13.3 Å². The highest BCUT2D eigenvalue weighted by atomic mass is 28.4. The van der Waals surface area contributed by atoms with Gasteiger partial charge in [-0.05, 0) is 39.4 Å². The minimum Gasteiger partial charge on any atom is -0.377 e. The Morgan fingerprint density at radius 3 is 1.90 bits per heavy atom. The molecule has 0 aromatic carbocycles. The van der Waals surface area contributed by atoms with E-state index in [1.165, 1.54) is 45.1 Å². The summed E-state index contributed by atoms with van der Waals surface area (Å²) >= 11 is 0. The zero-order valence-corrected chi connectivity index (χ0v) is 16.1. The van der Waals surface area contributed by atoms with Crippen molar-refractivity contribution in [3.8, 4) is 0 Å². The predicted octanol–water partition coefficient (Wildman–Crippen LogP) is 3.79. The summed E-state index contributed by atoms with van der Waals surface area (Å²) < 4.78 is 16.5. The second kappa shape index (κ2) is 12.6. The largest absolute Gasteiger partial charge is 0.500 e. The fraction of sp³-hybridized carbons (Fsp3) is 1.00. The Kier molecular flexibility index (Phi) is 12.6. The molecule has 0 aliphatic heterocycles. The monoisotopic (exact) mass is 319 g/mol. The summed E-state index contributed by atoms with van der Waals surface area (Å²) in [5, 5.41) is 0. The molecule has 0 bridgehead atoms. The Morgan fingerprint density at radius 2 is 1.43 bits per heavy atom. The quantitative estimate of drug-likeness (QED) is 0.360. The third kappa shape index (κ3) is 9.63. The summed E-state index contributed by atoms with van der Waals surface area (Å²) in [7, 11) is 7.03. The maximum Gasteiger partial charge on any atom is 0.500 e. The third-order valence-corrected chi connectivity index (χ3v) is 7.06. The van der Waals surface area contributed by atoms with E-state index in [0.717, 1.165) is 18.4 Å². The van der Waals surface area contributed by atoms with Gasteiger partial charge in [-0.15, -0.1) is 0 Å². The summed E-state index contributed by atoms with van der Waals surface area (Å²) in [6.45, 7) is 3.45. The van der Waals surface area contributed by atoms with Crippen LogP contribution in [-0.4, -0.2) is 55.7 Å². The Balaban J connectivity index is 4.19. The van der Waals surface area contributed by atoms with Gasteiger partial charge in [0.05, 0.1) is 0 Å². The normalized spacial score (nSPS) is 13.9. The van der Waals surface area contributed by atoms with Gasteiger partial charge in [-0.2, -0.15) is 0 Å². The number of hydrogen-bond donors (Lipinski definition) is 0. The van der Waals surface area contributed by atoms with Crippen LogP contribution in [0.5, 0.6) is 0 Å². The van der Waals surface area contributed by atoms with Crippen molar-refractivity contribution < 1.29 is 13.3 Å². The summed E-state index contributed by atoms with van der Waals surface area (Å²) in [6, 6.07) is 0.919. The Morgan fingerprint density at radius 1 is 0.857 bits per heavy atom. The molecule has 0 saturated carbocycles. The van der Waals surface area contributed by atoms with Gasteiger partial charge in [0.1, 0.15) is 0 Å². The van der Waals surface area contributed by atoms with Gasteiger partial charge in [0, 0.05) is 27.4 Å². The zero-order valence-electron chi connectivity index (χ0n) is 15.1. The highest BCUT2D eigenvalue weighted by Gasteiger charge is 2.37. The van der Waals surface area contributed by atoms with Crippen molar-refractivity contribution in [2.24, 2.45) is 5.92 Å². The molecule has 0 rings (SSSR count). The summed E-state index contributed by atoms with van der Waals surface area (Å²) in [5.41, 5.74) is 0. The van der Waals surface area contributed by atoms with E-state index in [0.29, 0.717) is 0 Å². The van der Waals surface area contributed by atoms with E-state index in [-0.39, 0.29) is 0 Å². The predicted molar refractivity (Wildman–Crippen MR) is 91.6 cm³/mol. The summed E-state index contributed by atoms with van der Waals surface area (Å²) in [4.78, 5) is 2.28. The molecule has 0 spiro atoms. The molecule has 21 heavy (non-hydrogen) atoms. The van der Waals surface area contributed by atoms with Crippen molar-refractivity contribution in [2.75, 3.05) is 42.0 Å². The Hall–Kier alpha value is 0.0569. The average molecular weight is 320 g/mol. The average Bonchev–Trinajstić information content (AvgIpc) is 2.49. The van der Waals surface area contributed by atoms with Gasteiger partial charge in [-0.3, -0.25) is 0 Å². The van der Waals surface area contributed by atoms with E-state index >= 15 is 0 Å². The molecule has 5 heteroatoms. The van der Waals surface area contributed by atoms with E-state index in [4.69, 9.17) is 13.3 Å². The highest BCUT2D eigenvalue weighted by molar-refractivity contribution is 6.60. The topological polar surface area (TPSA) is 30.9 Å². The fourth-order valence-corrected chi connectivity index (χ4v) is 4.47. The maximum absolute atomic E-state index is 5.50. The number of nitrogens with zero attached hydrogens (tertiary/aromatic N) is 1. The van der Waals surface area contributed by atoms with Crippen LogP contribution >= 0.6 is 0 Å². The molecule has 1 atom stereocenters. The van der Waals surface area contributed by atoms with E-state index < -0.39 is 8.80 Å². The van der Waals surface area contributed by atoms with Crippen LogP contribution in [0.15, 0.2) is 0 Å². The van der Waals surface area contributed by atoms with E-state index in [1.807, 2.05) is 0 Å². The van der Waals surface area contributed by atoms with Crippen LogP contribution in [0, 0.1) is 5.92 Å². The molecule has 4 nitrogen and oxygen atoms in total. The van der Waals surface area contributed by atoms with Gasteiger partial charge in [0.2, 0.25) is 0 Å². The standard InChI is InChI=1S/C16H37NO3Si/c1-7-8-9-11-16(13-14-17(2)3)12-10-15-21(18-4,19-5)20-6/h16H,7-15H2,1-6H3.